The van der Waals surface area contributed by atoms with E-state index in [0.29, 0.717) is 44.0 Å². The van der Waals surface area contributed by atoms with Gasteiger partial charge in [0.1, 0.15) is 0 Å². The Bertz CT molecular complexity index is 957. The lowest BCUT2D eigenvalue weighted by atomic mass is 10.3. The molecule has 0 bridgehead atoms. The van der Waals surface area contributed by atoms with Crippen molar-refractivity contribution in [2.45, 2.75) is 16.2 Å². The standard InChI is InChI=1S/C19H25N3O4S2/c23-27(24,18-8-3-1-4-9-18)20-12-7-13-21-14-16-22(17-15-21)28(25,26)19-10-5-2-6-11-19/h1-6,8-11,20H,7,12-17H2. The molecule has 2 aromatic rings. The van der Waals surface area contributed by atoms with Crippen molar-refractivity contribution in [1.82, 2.24) is 13.9 Å². The van der Waals surface area contributed by atoms with Gasteiger partial charge in [-0.2, -0.15) is 4.31 Å². The Morgan fingerprint density at radius 3 is 1.86 bits per heavy atom. The summed E-state index contributed by atoms with van der Waals surface area (Å²) in [6, 6.07) is 16.7. The van der Waals surface area contributed by atoms with Crippen molar-refractivity contribution in [2.75, 3.05) is 39.3 Å². The van der Waals surface area contributed by atoms with Gasteiger partial charge in [-0.15, -0.1) is 0 Å². The van der Waals surface area contributed by atoms with Crippen LogP contribution in [0.5, 0.6) is 0 Å². The van der Waals surface area contributed by atoms with E-state index in [1.165, 1.54) is 4.31 Å². The second kappa shape index (κ2) is 9.15. The molecule has 3 rings (SSSR count). The Labute approximate surface area is 167 Å². The van der Waals surface area contributed by atoms with E-state index < -0.39 is 20.0 Å². The zero-order chi connectivity index (χ0) is 20.0. The molecule has 0 spiro atoms. The van der Waals surface area contributed by atoms with Crippen LogP contribution in [0.2, 0.25) is 0 Å². The largest absolute Gasteiger partial charge is 0.301 e. The van der Waals surface area contributed by atoms with Crippen molar-refractivity contribution in [3.63, 3.8) is 0 Å². The van der Waals surface area contributed by atoms with Crippen LogP contribution in [-0.2, 0) is 20.0 Å². The molecule has 7 nitrogen and oxygen atoms in total. The predicted molar refractivity (Wildman–Crippen MR) is 108 cm³/mol. The highest BCUT2D eigenvalue weighted by Crippen LogP contribution is 2.17. The van der Waals surface area contributed by atoms with E-state index in [1.807, 2.05) is 0 Å². The minimum Gasteiger partial charge on any atom is -0.301 e. The predicted octanol–water partition coefficient (Wildman–Crippen LogP) is 1.36. The molecular formula is C19H25N3O4S2. The maximum atomic E-state index is 12.6. The SMILES string of the molecule is O=S(=O)(NCCCN1CCN(S(=O)(=O)c2ccccc2)CC1)c1ccccc1. The smallest absolute Gasteiger partial charge is 0.243 e. The highest BCUT2D eigenvalue weighted by Gasteiger charge is 2.28. The summed E-state index contributed by atoms with van der Waals surface area (Å²) in [5.74, 6) is 0. The van der Waals surface area contributed by atoms with Gasteiger partial charge in [0, 0.05) is 32.7 Å². The average Bonchev–Trinajstić information content (AvgIpc) is 2.73. The first-order valence-electron chi connectivity index (χ1n) is 9.22. The maximum Gasteiger partial charge on any atom is 0.243 e. The summed E-state index contributed by atoms with van der Waals surface area (Å²) in [5.41, 5.74) is 0. The van der Waals surface area contributed by atoms with Gasteiger partial charge < -0.3 is 4.90 Å². The number of hydrogen-bond donors (Lipinski definition) is 1. The van der Waals surface area contributed by atoms with E-state index in [-0.39, 0.29) is 4.90 Å². The topological polar surface area (TPSA) is 86.8 Å². The van der Waals surface area contributed by atoms with Crippen molar-refractivity contribution in [2.24, 2.45) is 0 Å². The highest BCUT2D eigenvalue weighted by molar-refractivity contribution is 7.89. The van der Waals surface area contributed by atoms with Gasteiger partial charge in [0.2, 0.25) is 20.0 Å². The Balaban J connectivity index is 1.43. The number of sulfonamides is 2. The van der Waals surface area contributed by atoms with E-state index in [4.69, 9.17) is 0 Å². The Morgan fingerprint density at radius 1 is 0.750 bits per heavy atom. The molecule has 152 valence electrons. The van der Waals surface area contributed by atoms with Gasteiger partial charge in [-0.3, -0.25) is 0 Å². The monoisotopic (exact) mass is 423 g/mol. The molecule has 0 aromatic heterocycles. The quantitative estimate of drug-likeness (QED) is 0.648. The van der Waals surface area contributed by atoms with Crippen molar-refractivity contribution in [3.05, 3.63) is 60.7 Å². The lowest BCUT2D eigenvalue weighted by Crippen LogP contribution is -2.49. The lowest BCUT2D eigenvalue weighted by molar-refractivity contribution is 0.187. The minimum atomic E-state index is -3.48. The summed E-state index contributed by atoms with van der Waals surface area (Å²) >= 11 is 0. The normalized spacial score (nSPS) is 16.9. The first kappa shape index (κ1) is 20.9. The first-order chi connectivity index (χ1) is 13.4. The highest BCUT2D eigenvalue weighted by atomic mass is 32.2. The summed E-state index contributed by atoms with van der Waals surface area (Å²) in [4.78, 5) is 2.74. The van der Waals surface area contributed by atoms with E-state index in [1.54, 1.807) is 60.7 Å². The first-order valence-corrected chi connectivity index (χ1v) is 12.1. The van der Waals surface area contributed by atoms with Gasteiger partial charge in [0.05, 0.1) is 9.79 Å². The Morgan fingerprint density at radius 2 is 1.29 bits per heavy atom. The molecule has 0 saturated carbocycles. The Hall–Kier alpha value is -1.78. The minimum absolute atomic E-state index is 0.259. The molecule has 1 heterocycles. The Kier molecular flexibility index (Phi) is 6.84. The number of nitrogens with one attached hydrogen (secondary N) is 1. The molecule has 28 heavy (non-hydrogen) atoms. The van der Waals surface area contributed by atoms with Crippen LogP contribution in [0.15, 0.2) is 70.5 Å². The number of benzene rings is 2. The molecule has 0 unspecified atom stereocenters. The second-order valence-electron chi connectivity index (χ2n) is 6.62. The third-order valence-electron chi connectivity index (χ3n) is 4.71. The van der Waals surface area contributed by atoms with Crippen LogP contribution in [0.25, 0.3) is 0 Å². The van der Waals surface area contributed by atoms with Crippen molar-refractivity contribution in [3.8, 4) is 0 Å². The van der Waals surface area contributed by atoms with Crippen LogP contribution in [0.1, 0.15) is 6.42 Å². The molecule has 0 aliphatic carbocycles. The van der Waals surface area contributed by atoms with E-state index in [2.05, 4.69) is 9.62 Å². The van der Waals surface area contributed by atoms with Gasteiger partial charge in [-0.1, -0.05) is 36.4 Å². The summed E-state index contributed by atoms with van der Waals surface area (Å²) < 4.78 is 53.7. The molecule has 9 heteroatoms. The van der Waals surface area contributed by atoms with Crippen molar-refractivity contribution >= 4 is 20.0 Å². The summed E-state index contributed by atoms with van der Waals surface area (Å²) in [5, 5.41) is 0. The van der Waals surface area contributed by atoms with Crippen LogP contribution in [-0.4, -0.2) is 65.3 Å². The molecule has 1 fully saturated rings. The summed E-state index contributed by atoms with van der Waals surface area (Å²) in [7, 11) is -6.92. The average molecular weight is 424 g/mol. The van der Waals surface area contributed by atoms with Gasteiger partial charge in [-0.05, 0) is 37.2 Å². The van der Waals surface area contributed by atoms with Gasteiger partial charge in [0.25, 0.3) is 0 Å². The van der Waals surface area contributed by atoms with Crippen LogP contribution >= 0.6 is 0 Å². The molecule has 1 saturated heterocycles. The zero-order valence-electron chi connectivity index (χ0n) is 15.6. The third kappa shape index (κ3) is 5.18. The number of piperazine rings is 1. The molecule has 1 N–H and O–H groups in total. The van der Waals surface area contributed by atoms with Crippen LogP contribution in [0, 0.1) is 0 Å². The molecule has 0 radical (unpaired) electrons. The number of rotatable bonds is 8. The van der Waals surface area contributed by atoms with E-state index in [0.717, 1.165) is 6.54 Å². The zero-order valence-corrected chi connectivity index (χ0v) is 17.2. The molecule has 1 aliphatic rings. The fraction of sp³-hybridized carbons (Fsp3) is 0.368. The summed E-state index contributed by atoms with van der Waals surface area (Å²) in [6.07, 6.45) is 0.664. The van der Waals surface area contributed by atoms with E-state index in [9.17, 15) is 16.8 Å². The van der Waals surface area contributed by atoms with Gasteiger partial charge >= 0.3 is 0 Å². The molecule has 1 aliphatic heterocycles. The molecule has 0 amide bonds. The molecule has 0 atom stereocenters. The van der Waals surface area contributed by atoms with Crippen molar-refractivity contribution in [1.29, 1.82) is 0 Å². The fourth-order valence-electron chi connectivity index (χ4n) is 3.13. The number of hydrogen-bond acceptors (Lipinski definition) is 5. The molecule has 2 aromatic carbocycles. The maximum absolute atomic E-state index is 12.6. The van der Waals surface area contributed by atoms with Crippen LogP contribution < -0.4 is 4.72 Å². The van der Waals surface area contributed by atoms with Crippen LogP contribution in [0.4, 0.5) is 0 Å². The van der Waals surface area contributed by atoms with Crippen LogP contribution in [0.3, 0.4) is 0 Å². The van der Waals surface area contributed by atoms with Gasteiger partial charge in [0.15, 0.2) is 0 Å². The summed E-state index contributed by atoms with van der Waals surface area (Å²) in [6.45, 7) is 3.21. The van der Waals surface area contributed by atoms with Gasteiger partial charge in [-0.25, -0.2) is 21.6 Å². The second-order valence-corrected chi connectivity index (χ2v) is 10.3. The fourth-order valence-corrected chi connectivity index (χ4v) is 5.67. The number of nitrogens with zero attached hydrogens (tertiary/aromatic N) is 2. The lowest BCUT2D eigenvalue weighted by Gasteiger charge is -2.34. The van der Waals surface area contributed by atoms with E-state index >= 15 is 0 Å². The third-order valence-corrected chi connectivity index (χ3v) is 8.10. The van der Waals surface area contributed by atoms with Crippen molar-refractivity contribution < 1.29 is 16.8 Å². The molecular weight excluding hydrogens is 398 g/mol.